The molecule has 0 saturated heterocycles. The van der Waals surface area contributed by atoms with E-state index in [1.54, 1.807) is 10.6 Å². The Kier molecular flexibility index (Phi) is 4.16. The zero-order valence-corrected chi connectivity index (χ0v) is 15.3. The van der Waals surface area contributed by atoms with Crippen molar-refractivity contribution in [3.05, 3.63) is 46.0 Å². The summed E-state index contributed by atoms with van der Waals surface area (Å²) in [6, 6.07) is 4.88. The second-order valence-corrected chi connectivity index (χ2v) is 9.02. The first-order chi connectivity index (χ1) is 12.5. The Morgan fingerprint density at radius 2 is 2.08 bits per heavy atom. The van der Waals surface area contributed by atoms with Crippen LogP contribution >= 0.6 is 11.3 Å². The van der Waals surface area contributed by atoms with E-state index in [4.69, 9.17) is 0 Å². The molecule has 1 fully saturated rings. The Hall–Kier alpha value is -2.46. The summed E-state index contributed by atoms with van der Waals surface area (Å²) in [6.07, 6.45) is 5.30. The summed E-state index contributed by atoms with van der Waals surface area (Å²) in [5.41, 5.74) is 2.57. The largest absolute Gasteiger partial charge is 0.326 e. The first kappa shape index (κ1) is 17.0. The molecule has 0 bridgehead atoms. The van der Waals surface area contributed by atoms with Gasteiger partial charge in [0.2, 0.25) is 0 Å². The zero-order valence-electron chi connectivity index (χ0n) is 13.6. The number of benzene rings is 1. The number of nitrogens with one attached hydrogen (secondary N) is 2. The first-order valence-corrected chi connectivity index (χ1v) is 10.5. The van der Waals surface area contributed by atoms with Crippen LogP contribution in [0.5, 0.6) is 0 Å². The lowest BCUT2D eigenvalue weighted by Gasteiger charge is -2.11. The molecule has 2 aromatic heterocycles. The van der Waals surface area contributed by atoms with Gasteiger partial charge >= 0.3 is 5.69 Å². The Balaban J connectivity index is 1.65. The van der Waals surface area contributed by atoms with Gasteiger partial charge in [0, 0.05) is 11.6 Å². The van der Waals surface area contributed by atoms with Crippen LogP contribution in [0.2, 0.25) is 0 Å². The molecular formula is C16H16N4O4S2. The van der Waals surface area contributed by atoms with Crippen molar-refractivity contribution in [2.24, 2.45) is 0 Å². The van der Waals surface area contributed by atoms with Gasteiger partial charge in [0.25, 0.3) is 15.9 Å². The summed E-state index contributed by atoms with van der Waals surface area (Å²) in [4.78, 5) is 31.1. The highest BCUT2D eigenvalue weighted by Crippen LogP contribution is 2.30. The van der Waals surface area contributed by atoms with Gasteiger partial charge in [-0.1, -0.05) is 12.8 Å². The van der Waals surface area contributed by atoms with E-state index < -0.39 is 15.9 Å². The Labute approximate surface area is 152 Å². The summed E-state index contributed by atoms with van der Waals surface area (Å²) < 4.78 is 28.0. The van der Waals surface area contributed by atoms with Gasteiger partial charge < -0.3 is 4.98 Å². The van der Waals surface area contributed by atoms with Crippen LogP contribution in [0.3, 0.4) is 0 Å². The second-order valence-electron chi connectivity index (χ2n) is 6.23. The van der Waals surface area contributed by atoms with E-state index >= 15 is 0 Å². The molecule has 10 heteroatoms. The highest BCUT2D eigenvalue weighted by molar-refractivity contribution is 7.92. The number of carbonyl (C=O) groups is 1. The predicted molar refractivity (Wildman–Crippen MR) is 96.8 cm³/mol. The number of imidazole rings is 1. The number of H-pyrrole nitrogens is 1. The molecular weight excluding hydrogens is 376 g/mol. The fourth-order valence-corrected chi connectivity index (χ4v) is 5.14. The number of hydrogen-bond donors (Lipinski definition) is 2. The fourth-order valence-electron chi connectivity index (χ4n) is 3.37. The minimum absolute atomic E-state index is 0.0345. The van der Waals surface area contributed by atoms with Gasteiger partial charge in [-0.25, -0.2) is 17.9 Å². The zero-order chi connectivity index (χ0) is 18.3. The fraction of sp³-hybridized carbons (Fsp3) is 0.312. The lowest BCUT2D eigenvalue weighted by molar-refractivity contribution is 0.0981. The lowest BCUT2D eigenvalue weighted by Crippen LogP contribution is -2.30. The van der Waals surface area contributed by atoms with E-state index in [0.717, 1.165) is 42.5 Å². The molecule has 0 unspecified atom stereocenters. The van der Waals surface area contributed by atoms with Crippen molar-refractivity contribution in [1.29, 1.82) is 0 Å². The maximum atomic E-state index is 12.3. The van der Waals surface area contributed by atoms with Crippen LogP contribution < -0.4 is 10.4 Å². The van der Waals surface area contributed by atoms with Crippen molar-refractivity contribution in [2.45, 2.75) is 35.9 Å². The number of aromatic nitrogens is 3. The summed E-state index contributed by atoms with van der Waals surface area (Å²) >= 11 is 0.924. The van der Waals surface area contributed by atoms with Crippen LogP contribution in [-0.4, -0.2) is 28.9 Å². The summed E-state index contributed by atoms with van der Waals surface area (Å²) in [5.74, 6) is -0.755. The van der Waals surface area contributed by atoms with E-state index in [9.17, 15) is 18.0 Å². The predicted octanol–water partition coefficient (Wildman–Crippen LogP) is 2.02. The number of nitrogens with zero attached hydrogens (tertiary/aromatic N) is 2. The molecule has 1 saturated carbocycles. The number of aromatic amines is 1. The van der Waals surface area contributed by atoms with E-state index in [2.05, 4.69) is 9.97 Å². The third-order valence-electron chi connectivity index (χ3n) is 4.57. The average molecular weight is 392 g/mol. The van der Waals surface area contributed by atoms with Crippen molar-refractivity contribution < 1.29 is 13.2 Å². The van der Waals surface area contributed by atoms with E-state index in [0.29, 0.717) is 5.52 Å². The number of fused-ring (bicyclic) bond motifs is 1. The standard InChI is InChI=1S/C16H16N4O4S2/c21-15(19-26(23,24)14-8-17-9-25-14)10-5-6-13-12(7-10)18-16(22)20(13)11-3-1-2-4-11/h5-9,11H,1-4H2,(H,18,22)(H,19,21). The van der Waals surface area contributed by atoms with Crippen LogP contribution in [0, 0.1) is 0 Å². The smallest absolute Gasteiger partial charge is 0.306 e. The number of thiazole rings is 1. The van der Waals surface area contributed by atoms with Gasteiger partial charge in [0.15, 0.2) is 4.21 Å². The van der Waals surface area contributed by atoms with Crippen molar-refractivity contribution in [1.82, 2.24) is 19.3 Å². The Bertz CT molecular complexity index is 1120. The molecule has 8 nitrogen and oxygen atoms in total. The van der Waals surface area contributed by atoms with Gasteiger partial charge in [0.05, 0.1) is 22.7 Å². The summed E-state index contributed by atoms with van der Waals surface area (Å²) in [6.45, 7) is 0. The summed E-state index contributed by atoms with van der Waals surface area (Å²) in [5, 5.41) is 0. The molecule has 2 N–H and O–H groups in total. The topological polar surface area (TPSA) is 114 Å². The molecule has 26 heavy (non-hydrogen) atoms. The SMILES string of the molecule is O=C(NS(=O)(=O)c1cncs1)c1ccc2c(c1)[nH]c(=O)n2C1CCCC1. The number of amides is 1. The Morgan fingerprint density at radius 3 is 2.77 bits per heavy atom. The number of hydrogen-bond acceptors (Lipinski definition) is 6. The quantitative estimate of drug-likeness (QED) is 0.705. The molecule has 2 heterocycles. The average Bonchev–Trinajstić information content (AvgIpc) is 3.33. The highest BCUT2D eigenvalue weighted by Gasteiger charge is 2.23. The van der Waals surface area contributed by atoms with Crippen LogP contribution in [0.1, 0.15) is 42.1 Å². The van der Waals surface area contributed by atoms with Gasteiger partial charge in [-0.05, 0) is 31.0 Å². The molecule has 4 rings (SSSR count). The van der Waals surface area contributed by atoms with Crippen molar-refractivity contribution in [2.75, 3.05) is 0 Å². The normalized spacial score (nSPS) is 15.5. The molecule has 1 aliphatic rings. The van der Waals surface area contributed by atoms with E-state index in [1.807, 2.05) is 4.72 Å². The lowest BCUT2D eigenvalue weighted by atomic mass is 10.2. The molecule has 1 aromatic carbocycles. The maximum absolute atomic E-state index is 12.3. The molecule has 1 amide bonds. The second kappa shape index (κ2) is 6.36. The van der Waals surface area contributed by atoms with E-state index in [1.165, 1.54) is 23.8 Å². The van der Waals surface area contributed by atoms with E-state index in [-0.39, 0.29) is 21.5 Å². The van der Waals surface area contributed by atoms with Gasteiger partial charge in [-0.15, -0.1) is 11.3 Å². The van der Waals surface area contributed by atoms with Gasteiger partial charge in [-0.2, -0.15) is 0 Å². The summed E-state index contributed by atoms with van der Waals surface area (Å²) in [7, 11) is -3.95. The molecule has 3 aromatic rings. The molecule has 0 radical (unpaired) electrons. The van der Waals surface area contributed by atoms with Crippen LogP contribution in [0.25, 0.3) is 11.0 Å². The van der Waals surface area contributed by atoms with Crippen LogP contribution in [0.4, 0.5) is 0 Å². The Morgan fingerprint density at radius 1 is 1.31 bits per heavy atom. The monoisotopic (exact) mass is 392 g/mol. The number of carbonyl (C=O) groups excluding carboxylic acids is 1. The maximum Gasteiger partial charge on any atom is 0.326 e. The first-order valence-electron chi connectivity index (χ1n) is 8.15. The number of sulfonamides is 1. The number of rotatable bonds is 4. The van der Waals surface area contributed by atoms with Crippen LogP contribution in [-0.2, 0) is 10.0 Å². The molecule has 0 aliphatic heterocycles. The van der Waals surface area contributed by atoms with Gasteiger partial charge in [-0.3, -0.25) is 14.3 Å². The minimum Gasteiger partial charge on any atom is -0.306 e. The van der Waals surface area contributed by atoms with Crippen molar-refractivity contribution in [3.8, 4) is 0 Å². The minimum atomic E-state index is -3.95. The molecule has 136 valence electrons. The third-order valence-corrected chi connectivity index (χ3v) is 7.17. The van der Waals surface area contributed by atoms with Crippen molar-refractivity contribution >= 4 is 38.3 Å². The molecule has 0 atom stereocenters. The van der Waals surface area contributed by atoms with Crippen molar-refractivity contribution in [3.63, 3.8) is 0 Å². The highest BCUT2D eigenvalue weighted by atomic mass is 32.2. The molecule has 0 spiro atoms. The molecule has 1 aliphatic carbocycles. The van der Waals surface area contributed by atoms with Gasteiger partial charge in [0.1, 0.15) is 0 Å². The van der Waals surface area contributed by atoms with Crippen LogP contribution in [0.15, 0.2) is 38.9 Å². The third kappa shape index (κ3) is 2.95.